The van der Waals surface area contributed by atoms with Crippen molar-refractivity contribution in [3.05, 3.63) is 46.6 Å². The molecule has 0 spiro atoms. The third-order valence-corrected chi connectivity index (χ3v) is 2.85. The normalized spacial score (nSPS) is 10.3. The molecule has 3 N–H and O–H groups in total. The summed E-state index contributed by atoms with van der Waals surface area (Å²) in [6, 6.07) is 7.62. The van der Waals surface area contributed by atoms with Gasteiger partial charge < -0.3 is 11.1 Å². The van der Waals surface area contributed by atoms with Crippen molar-refractivity contribution < 1.29 is 0 Å². The molecule has 1 aromatic heterocycles. The summed E-state index contributed by atoms with van der Waals surface area (Å²) in [6.45, 7) is 3.97. The molecule has 17 heavy (non-hydrogen) atoms. The van der Waals surface area contributed by atoms with Gasteiger partial charge in [0.05, 0.1) is 11.9 Å². The maximum atomic E-state index is 5.96. The number of hydrogen-bond acceptors (Lipinski definition) is 3. The summed E-state index contributed by atoms with van der Waals surface area (Å²) in [6.07, 6.45) is 1.65. The van der Waals surface area contributed by atoms with E-state index < -0.39 is 0 Å². The Labute approximate surface area is 106 Å². The van der Waals surface area contributed by atoms with Gasteiger partial charge in [-0.3, -0.25) is 0 Å². The molecule has 0 amide bonds. The Morgan fingerprint density at radius 3 is 2.65 bits per heavy atom. The maximum absolute atomic E-state index is 5.96. The van der Waals surface area contributed by atoms with Crippen LogP contribution in [0.15, 0.2) is 30.5 Å². The summed E-state index contributed by atoms with van der Waals surface area (Å²) in [5.74, 6) is 0.766. The third kappa shape index (κ3) is 2.68. The van der Waals surface area contributed by atoms with Gasteiger partial charge in [-0.1, -0.05) is 17.7 Å². The first-order chi connectivity index (χ1) is 8.06. The molecule has 2 aromatic rings. The molecule has 0 saturated carbocycles. The first-order valence-corrected chi connectivity index (χ1v) is 5.69. The number of aryl methyl sites for hydroxylation is 2. The van der Waals surface area contributed by atoms with Crippen LogP contribution in [0.2, 0.25) is 5.02 Å². The molecule has 0 bridgehead atoms. The lowest BCUT2D eigenvalue weighted by molar-refractivity contribution is 1.27. The van der Waals surface area contributed by atoms with Gasteiger partial charge in [0.25, 0.3) is 0 Å². The molecule has 0 aliphatic carbocycles. The molecule has 0 radical (unpaired) electrons. The molecule has 1 aromatic carbocycles. The molecule has 0 saturated heterocycles. The zero-order valence-corrected chi connectivity index (χ0v) is 10.5. The lowest BCUT2D eigenvalue weighted by Gasteiger charge is -2.10. The highest BCUT2D eigenvalue weighted by molar-refractivity contribution is 6.30. The first kappa shape index (κ1) is 11.7. The van der Waals surface area contributed by atoms with E-state index >= 15 is 0 Å². The Morgan fingerprint density at radius 1 is 1.18 bits per heavy atom. The molecule has 88 valence electrons. The maximum Gasteiger partial charge on any atom is 0.130 e. The summed E-state index contributed by atoms with van der Waals surface area (Å²) in [4.78, 5) is 4.23. The van der Waals surface area contributed by atoms with Crippen LogP contribution in [0.25, 0.3) is 0 Å². The summed E-state index contributed by atoms with van der Waals surface area (Å²) in [7, 11) is 0. The number of nitrogens with two attached hydrogens (primary N) is 1. The number of aromatic nitrogens is 1. The molecule has 4 heteroatoms. The molecule has 2 rings (SSSR count). The monoisotopic (exact) mass is 247 g/mol. The average molecular weight is 248 g/mol. The van der Waals surface area contributed by atoms with Gasteiger partial charge in [-0.25, -0.2) is 4.98 Å². The highest BCUT2D eigenvalue weighted by Gasteiger charge is 2.02. The Balaban J connectivity index is 2.31. The van der Waals surface area contributed by atoms with Gasteiger partial charge in [-0.15, -0.1) is 0 Å². The third-order valence-electron chi connectivity index (χ3n) is 2.61. The molecular formula is C13H14ClN3. The molecule has 0 fully saturated rings. The second-order valence-corrected chi connectivity index (χ2v) is 4.45. The fourth-order valence-electron chi connectivity index (χ4n) is 1.50. The van der Waals surface area contributed by atoms with Crippen LogP contribution in [-0.4, -0.2) is 4.98 Å². The van der Waals surface area contributed by atoms with E-state index in [0.717, 1.165) is 22.6 Å². The number of nitrogen functional groups attached to an aromatic ring is 1. The highest BCUT2D eigenvalue weighted by atomic mass is 35.5. The molecule has 1 heterocycles. The van der Waals surface area contributed by atoms with Crippen molar-refractivity contribution in [3.63, 3.8) is 0 Å². The van der Waals surface area contributed by atoms with Crippen molar-refractivity contribution in [1.82, 2.24) is 4.98 Å². The van der Waals surface area contributed by atoms with Gasteiger partial charge in [0, 0.05) is 10.7 Å². The number of pyridine rings is 1. The van der Waals surface area contributed by atoms with E-state index in [1.807, 2.05) is 38.1 Å². The van der Waals surface area contributed by atoms with Crippen LogP contribution in [-0.2, 0) is 0 Å². The van der Waals surface area contributed by atoms with Crippen LogP contribution in [0.5, 0.6) is 0 Å². The molecular weight excluding hydrogens is 234 g/mol. The first-order valence-electron chi connectivity index (χ1n) is 5.31. The van der Waals surface area contributed by atoms with Gasteiger partial charge in [0.15, 0.2) is 0 Å². The molecule has 0 atom stereocenters. The van der Waals surface area contributed by atoms with Crippen LogP contribution in [0, 0.1) is 13.8 Å². The van der Waals surface area contributed by atoms with Gasteiger partial charge in [0.1, 0.15) is 5.82 Å². The predicted molar refractivity (Wildman–Crippen MR) is 72.9 cm³/mol. The Kier molecular flexibility index (Phi) is 3.20. The fourth-order valence-corrected chi connectivity index (χ4v) is 1.67. The zero-order valence-electron chi connectivity index (χ0n) is 9.79. The standard InChI is InChI=1S/C13H14ClN3/c1-8-3-4-10(14)6-12(8)17-13-5-9(2)11(15)7-16-13/h3-7H,15H2,1-2H3,(H,16,17). The Hall–Kier alpha value is -1.74. The van der Waals surface area contributed by atoms with E-state index in [4.69, 9.17) is 17.3 Å². The number of benzene rings is 1. The van der Waals surface area contributed by atoms with Crippen LogP contribution >= 0.6 is 11.6 Å². The van der Waals surface area contributed by atoms with E-state index in [-0.39, 0.29) is 0 Å². The van der Waals surface area contributed by atoms with Crippen LogP contribution in [0.3, 0.4) is 0 Å². The van der Waals surface area contributed by atoms with Crippen molar-refractivity contribution in [2.75, 3.05) is 11.1 Å². The predicted octanol–water partition coefficient (Wildman–Crippen LogP) is 3.68. The summed E-state index contributed by atoms with van der Waals surface area (Å²) in [5, 5.41) is 3.93. The minimum Gasteiger partial charge on any atom is -0.397 e. The zero-order chi connectivity index (χ0) is 12.4. The van der Waals surface area contributed by atoms with Gasteiger partial charge >= 0.3 is 0 Å². The molecule has 0 aliphatic rings. The van der Waals surface area contributed by atoms with Crippen LogP contribution in [0.4, 0.5) is 17.2 Å². The SMILES string of the molecule is Cc1cc(Nc2cc(Cl)ccc2C)ncc1N. The smallest absolute Gasteiger partial charge is 0.130 e. The Bertz CT molecular complexity index is 552. The largest absolute Gasteiger partial charge is 0.397 e. The minimum atomic E-state index is 0.693. The van der Waals surface area contributed by atoms with E-state index in [1.54, 1.807) is 6.20 Å². The summed E-state index contributed by atoms with van der Waals surface area (Å²) in [5.41, 5.74) is 9.49. The summed E-state index contributed by atoms with van der Waals surface area (Å²) < 4.78 is 0. The van der Waals surface area contributed by atoms with Crippen molar-refractivity contribution in [1.29, 1.82) is 0 Å². The molecule has 0 aliphatic heterocycles. The van der Waals surface area contributed by atoms with E-state index in [0.29, 0.717) is 10.7 Å². The van der Waals surface area contributed by atoms with Crippen molar-refractivity contribution in [3.8, 4) is 0 Å². The number of halogens is 1. The van der Waals surface area contributed by atoms with E-state index in [1.165, 1.54) is 0 Å². The van der Waals surface area contributed by atoms with Gasteiger partial charge in [-0.05, 0) is 43.2 Å². The lowest BCUT2D eigenvalue weighted by Crippen LogP contribution is -1.98. The quantitative estimate of drug-likeness (QED) is 0.851. The number of anilines is 3. The average Bonchev–Trinajstić information content (AvgIpc) is 2.29. The highest BCUT2D eigenvalue weighted by Crippen LogP contribution is 2.24. The van der Waals surface area contributed by atoms with Gasteiger partial charge in [0.2, 0.25) is 0 Å². The molecule has 0 unspecified atom stereocenters. The summed E-state index contributed by atoms with van der Waals surface area (Å²) >= 11 is 5.96. The lowest BCUT2D eigenvalue weighted by atomic mass is 10.2. The fraction of sp³-hybridized carbons (Fsp3) is 0.154. The minimum absolute atomic E-state index is 0.693. The van der Waals surface area contributed by atoms with E-state index in [9.17, 15) is 0 Å². The van der Waals surface area contributed by atoms with Crippen molar-refractivity contribution in [2.45, 2.75) is 13.8 Å². The second-order valence-electron chi connectivity index (χ2n) is 4.01. The Morgan fingerprint density at radius 2 is 1.94 bits per heavy atom. The van der Waals surface area contributed by atoms with E-state index in [2.05, 4.69) is 10.3 Å². The molecule has 3 nitrogen and oxygen atoms in total. The number of rotatable bonds is 2. The number of hydrogen-bond donors (Lipinski definition) is 2. The topological polar surface area (TPSA) is 50.9 Å². The van der Waals surface area contributed by atoms with Crippen LogP contribution < -0.4 is 11.1 Å². The second kappa shape index (κ2) is 4.63. The number of nitrogens with zero attached hydrogens (tertiary/aromatic N) is 1. The van der Waals surface area contributed by atoms with Gasteiger partial charge in [-0.2, -0.15) is 0 Å². The van der Waals surface area contributed by atoms with Crippen molar-refractivity contribution in [2.24, 2.45) is 0 Å². The van der Waals surface area contributed by atoms with Crippen LogP contribution in [0.1, 0.15) is 11.1 Å². The number of nitrogens with one attached hydrogen (secondary N) is 1. The van der Waals surface area contributed by atoms with Crippen molar-refractivity contribution >= 4 is 28.8 Å².